The van der Waals surface area contributed by atoms with Crippen molar-refractivity contribution >= 4 is 64.4 Å². The van der Waals surface area contributed by atoms with Crippen LogP contribution in [0.5, 0.6) is 0 Å². The molecular weight excluding hydrogens is 569 g/mol. The molecule has 5 rings (SSSR count). The van der Waals surface area contributed by atoms with Crippen molar-refractivity contribution in [1.82, 2.24) is 0 Å². The van der Waals surface area contributed by atoms with Gasteiger partial charge in [-0.05, 0) is 71.5 Å². The minimum Gasteiger partial charge on any atom is -0.140 e. The molecule has 0 fully saturated rings. The first-order chi connectivity index (χ1) is 21.8. The van der Waals surface area contributed by atoms with Gasteiger partial charge < -0.3 is 0 Å². The molecule has 0 nitrogen and oxygen atoms in total. The molecule has 0 spiro atoms. The average molecular weight is 627 g/mol. The van der Waals surface area contributed by atoms with Gasteiger partial charge in [0.15, 0.2) is 0 Å². The van der Waals surface area contributed by atoms with Gasteiger partial charge in [0.25, 0.3) is 0 Å². The Labute approximate surface area is 276 Å². The molecule has 2 heterocycles. The second kappa shape index (κ2) is 18.3. The Morgan fingerprint density at radius 1 is 0.364 bits per heavy atom. The monoisotopic (exact) mass is 626 g/mol. The van der Waals surface area contributed by atoms with Crippen LogP contribution >= 0.6 is 22.7 Å². The summed E-state index contributed by atoms with van der Waals surface area (Å²) in [5.74, 6) is 0. The van der Waals surface area contributed by atoms with Crippen LogP contribution in [0.2, 0.25) is 0 Å². The molecule has 2 aromatic heterocycles. The van der Waals surface area contributed by atoms with Gasteiger partial charge in [-0.3, -0.25) is 0 Å². The summed E-state index contributed by atoms with van der Waals surface area (Å²) in [5, 5.41) is 8.54. The summed E-state index contributed by atoms with van der Waals surface area (Å²) in [6, 6.07) is 19.4. The summed E-state index contributed by atoms with van der Waals surface area (Å²) in [6.07, 6.45) is 30.6. The highest BCUT2D eigenvalue weighted by Crippen LogP contribution is 2.39. The van der Waals surface area contributed by atoms with Gasteiger partial charge in [-0.25, -0.2) is 0 Å². The van der Waals surface area contributed by atoms with E-state index < -0.39 is 0 Å². The van der Waals surface area contributed by atoms with E-state index in [2.05, 4.69) is 62.4 Å². The van der Waals surface area contributed by atoms with E-state index in [-0.39, 0.29) is 0 Å². The molecule has 0 aliphatic carbocycles. The van der Waals surface area contributed by atoms with Gasteiger partial charge in [0.05, 0.1) is 0 Å². The van der Waals surface area contributed by atoms with Crippen molar-refractivity contribution in [1.29, 1.82) is 0 Å². The Morgan fingerprint density at radius 2 is 0.682 bits per heavy atom. The molecule has 0 aliphatic heterocycles. The van der Waals surface area contributed by atoms with Gasteiger partial charge >= 0.3 is 0 Å². The molecule has 0 radical (unpaired) electrons. The molecule has 0 saturated heterocycles. The maximum absolute atomic E-state index is 2.48. The third-order valence-electron chi connectivity index (χ3n) is 9.77. The minimum atomic E-state index is 1.24. The molecule has 44 heavy (non-hydrogen) atoms. The first kappa shape index (κ1) is 33.5. The second-order valence-electron chi connectivity index (χ2n) is 13.6. The van der Waals surface area contributed by atoms with Crippen molar-refractivity contribution < 1.29 is 0 Å². The Kier molecular flexibility index (Phi) is 13.9. The van der Waals surface area contributed by atoms with E-state index >= 15 is 0 Å². The molecule has 0 saturated carbocycles. The summed E-state index contributed by atoms with van der Waals surface area (Å²) < 4.78 is 2.97. The van der Waals surface area contributed by atoms with Crippen LogP contribution in [-0.2, 0) is 12.8 Å². The molecular formula is C42H58S2. The standard InChI is InChI=1S/C42H58S2/c1-3-5-7-9-11-13-15-17-19-21-23-37-29-35-27-25-33-32-40-34(31-39(33)41(35)43-37)26-28-36-30-38(44-42(36)40)24-22-20-18-16-14-12-10-8-6-4-2/h25-32H,3-24H2,1-2H3. The quantitative estimate of drug-likeness (QED) is 0.0529. The average Bonchev–Trinajstić information content (AvgIpc) is 3.66. The molecule has 0 bridgehead atoms. The fourth-order valence-corrected chi connectivity index (χ4v) is 9.52. The van der Waals surface area contributed by atoms with Crippen molar-refractivity contribution in [3.05, 3.63) is 58.3 Å². The Balaban J connectivity index is 1.14. The van der Waals surface area contributed by atoms with Crippen LogP contribution in [0.15, 0.2) is 48.5 Å². The van der Waals surface area contributed by atoms with Gasteiger partial charge in [-0.15, -0.1) is 22.7 Å². The zero-order valence-corrected chi connectivity index (χ0v) is 29.6. The van der Waals surface area contributed by atoms with Gasteiger partial charge in [-0.2, -0.15) is 0 Å². The van der Waals surface area contributed by atoms with E-state index in [4.69, 9.17) is 0 Å². The zero-order valence-electron chi connectivity index (χ0n) is 28.0. The van der Waals surface area contributed by atoms with Crippen molar-refractivity contribution in [2.75, 3.05) is 0 Å². The van der Waals surface area contributed by atoms with E-state index in [9.17, 15) is 0 Å². The van der Waals surface area contributed by atoms with E-state index in [0.717, 1.165) is 0 Å². The molecule has 0 atom stereocenters. The van der Waals surface area contributed by atoms with Crippen LogP contribution in [0.3, 0.4) is 0 Å². The summed E-state index contributed by atoms with van der Waals surface area (Å²) in [4.78, 5) is 3.13. The molecule has 0 unspecified atom stereocenters. The van der Waals surface area contributed by atoms with E-state index in [1.54, 1.807) is 9.75 Å². The zero-order chi connectivity index (χ0) is 30.4. The van der Waals surface area contributed by atoms with Crippen molar-refractivity contribution in [2.45, 2.75) is 155 Å². The number of unbranched alkanes of at least 4 members (excludes halogenated alkanes) is 18. The number of hydrogen-bond acceptors (Lipinski definition) is 2. The third kappa shape index (κ3) is 9.56. The second-order valence-corrected chi connectivity index (χ2v) is 15.8. The highest BCUT2D eigenvalue weighted by molar-refractivity contribution is 7.20. The third-order valence-corrected chi connectivity index (χ3v) is 12.3. The molecule has 5 aromatic rings. The van der Waals surface area contributed by atoms with Crippen LogP contribution in [-0.4, -0.2) is 0 Å². The molecule has 0 amide bonds. The Bertz CT molecular complexity index is 1430. The van der Waals surface area contributed by atoms with Gasteiger partial charge in [0.1, 0.15) is 0 Å². The van der Waals surface area contributed by atoms with Gasteiger partial charge in [0, 0.05) is 29.9 Å². The highest BCUT2D eigenvalue weighted by Gasteiger charge is 2.11. The van der Waals surface area contributed by atoms with Gasteiger partial charge in [0.2, 0.25) is 0 Å². The lowest BCUT2D eigenvalue weighted by Crippen LogP contribution is -1.84. The lowest BCUT2D eigenvalue weighted by atomic mass is 10.0. The van der Waals surface area contributed by atoms with Crippen LogP contribution in [0.25, 0.3) is 41.7 Å². The minimum absolute atomic E-state index is 1.24. The van der Waals surface area contributed by atoms with Crippen LogP contribution in [0, 0.1) is 0 Å². The van der Waals surface area contributed by atoms with E-state index in [0.29, 0.717) is 0 Å². The predicted octanol–water partition coefficient (Wildman–Crippen LogP) is 15.3. The van der Waals surface area contributed by atoms with Crippen LogP contribution in [0.4, 0.5) is 0 Å². The Morgan fingerprint density at radius 3 is 1.05 bits per heavy atom. The highest BCUT2D eigenvalue weighted by atomic mass is 32.1. The number of benzene rings is 3. The summed E-state index contributed by atoms with van der Waals surface area (Å²) in [6.45, 7) is 4.61. The lowest BCUT2D eigenvalue weighted by molar-refractivity contribution is 0.557. The van der Waals surface area contributed by atoms with Gasteiger partial charge in [-0.1, -0.05) is 154 Å². The predicted molar refractivity (Wildman–Crippen MR) is 203 cm³/mol. The van der Waals surface area contributed by atoms with E-state index in [1.807, 2.05) is 22.7 Å². The number of fused-ring (bicyclic) bond motifs is 6. The molecule has 238 valence electrons. The first-order valence-corrected chi connectivity index (χ1v) is 20.2. The summed E-state index contributed by atoms with van der Waals surface area (Å²) in [5.41, 5.74) is 0. The first-order valence-electron chi connectivity index (χ1n) is 18.6. The Hall–Kier alpha value is -1.90. The molecule has 0 aliphatic rings. The van der Waals surface area contributed by atoms with Crippen molar-refractivity contribution in [2.24, 2.45) is 0 Å². The fraction of sp³-hybridized carbons (Fsp3) is 0.571. The maximum Gasteiger partial charge on any atom is 0.0424 e. The van der Waals surface area contributed by atoms with Crippen LogP contribution in [0.1, 0.15) is 152 Å². The SMILES string of the molecule is CCCCCCCCCCCCc1cc2ccc3cc4c(ccc5cc(CCCCCCCCCCCC)sc54)cc3c2s1. The molecule has 0 N–H and O–H groups in total. The largest absolute Gasteiger partial charge is 0.140 e. The number of thiophene rings is 2. The maximum atomic E-state index is 2.48. The number of hydrogen-bond donors (Lipinski definition) is 0. The number of rotatable bonds is 22. The topological polar surface area (TPSA) is 0 Å². The lowest BCUT2D eigenvalue weighted by Gasteiger charge is -2.05. The van der Waals surface area contributed by atoms with Crippen molar-refractivity contribution in [3.63, 3.8) is 0 Å². The molecule has 2 heteroatoms. The van der Waals surface area contributed by atoms with Crippen molar-refractivity contribution in [3.8, 4) is 0 Å². The van der Waals surface area contributed by atoms with Crippen LogP contribution < -0.4 is 0 Å². The summed E-state index contributed by atoms with van der Waals surface area (Å²) in [7, 11) is 0. The smallest absolute Gasteiger partial charge is 0.0424 e. The fourth-order valence-electron chi connectivity index (χ4n) is 7.07. The molecule has 3 aromatic carbocycles. The van der Waals surface area contributed by atoms with E-state index in [1.165, 1.54) is 183 Å². The number of aryl methyl sites for hydroxylation is 2. The summed E-state index contributed by atoms with van der Waals surface area (Å²) >= 11 is 4.09. The normalized spacial score (nSPS) is 12.0.